The Morgan fingerprint density at radius 1 is 1.08 bits per heavy atom. The number of likely N-dealkylation sites (tertiary alicyclic amines) is 1. The highest BCUT2D eigenvalue weighted by molar-refractivity contribution is 5.94. The highest BCUT2D eigenvalue weighted by Crippen LogP contribution is 2.29. The van der Waals surface area contributed by atoms with Crippen LogP contribution in [0.2, 0.25) is 0 Å². The number of nitrogens with one attached hydrogen (secondary N) is 1. The zero-order chi connectivity index (χ0) is 19.5. The zero-order valence-corrected chi connectivity index (χ0v) is 15.0. The normalized spacial score (nSPS) is 16.3. The number of rotatable bonds is 2. The van der Waals surface area contributed by atoms with Crippen molar-refractivity contribution >= 4 is 12.0 Å². The van der Waals surface area contributed by atoms with Gasteiger partial charge in [0.05, 0.1) is 5.56 Å². The zero-order valence-electron chi connectivity index (χ0n) is 15.0. The lowest BCUT2D eigenvalue weighted by molar-refractivity contribution is -0.137. The molecule has 144 valence electrons. The van der Waals surface area contributed by atoms with Gasteiger partial charge >= 0.3 is 12.3 Å². The minimum absolute atomic E-state index is 0.0958. The number of amides is 2. The molecule has 0 bridgehead atoms. The number of piperidine rings is 1. The van der Waals surface area contributed by atoms with Crippen LogP contribution in [0.3, 0.4) is 0 Å². The first-order valence-corrected chi connectivity index (χ1v) is 8.42. The smallest absolute Gasteiger partial charge is 0.416 e. The summed E-state index contributed by atoms with van der Waals surface area (Å²) in [6.45, 7) is 6.16. The van der Waals surface area contributed by atoms with E-state index in [1.165, 1.54) is 12.1 Å². The quantitative estimate of drug-likeness (QED) is 0.858. The minimum Gasteiger partial charge on any atom is -0.444 e. The van der Waals surface area contributed by atoms with Crippen LogP contribution < -0.4 is 5.32 Å². The number of halogens is 3. The summed E-state index contributed by atoms with van der Waals surface area (Å²) in [6, 6.07) is 4.10. The fourth-order valence-corrected chi connectivity index (χ4v) is 2.69. The number of carbonyl (C=O) groups is 2. The molecule has 0 saturated carbocycles. The fraction of sp³-hybridized carbons (Fsp3) is 0.556. The molecule has 0 spiro atoms. The maximum Gasteiger partial charge on any atom is 0.416 e. The lowest BCUT2D eigenvalue weighted by Crippen LogP contribution is -2.47. The van der Waals surface area contributed by atoms with Gasteiger partial charge in [-0.2, -0.15) is 13.2 Å². The summed E-state index contributed by atoms with van der Waals surface area (Å²) in [5.41, 5.74) is -1.14. The number of hydrogen-bond donors (Lipinski definition) is 1. The van der Waals surface area contributed by atoms with Crippen LogP contribution in [0.4, 0.5) is 18.0 Å². The molecule has 5 nitrogen and oxygen atoms in total. The second-order valence-electron chi connectivity index (χ2n) is 7.29. The Bertz CT molecular complexity index is 643. The van der Waals surface area contributed by atoms with E-state index in [0.29, 0.717) is 25.9 Å². The molecule has 1 aliphatic heterocycles. The van der Waals surface area contributed by atoms with Crippen LogP contribution in [0.25, 0.3) is 0 Å². The lowest BCUT2D eigenvalue weighted by Gasteiger charge is -2.33. The predicted octanol–water partition coefficient (Wildman–Crippen LogP) is 3.83. The standard InChI is InChI=1S/C18H23F3N2O3/c1-17(2,3)26-16(25)22-14-8-10-23(11-9-14)15(24)12-4-6-13(7-5-12)18(19,20)21/h4-7,14H,8-11H2,1-3H3,(H,22,25). The average molecular weight is 372 g/mol. The molecule has 2 amide bonds. The van der Waals surface area contributed by atoms with Crippen LogP contribution >= 0.6 is 0 Å². The van der Waals surface area contributed by atoms with E-state index in [2.05, 4.69) is 5.32 Å². The monoisotopic (exact) mass is 372 g/mol. The maximum atomic E-state index is 12.6. The summed E-state index contributed by atoms with van der Waals surface area (Å²) >= 11 is 0. The van der Waals surface area contributed by atoms with Crippen LogP contribution in [0.5, 0.6) is 0 Å². The van der Waals surface area contributed by atoms with Crippen molar-refractivity contribution in [2.75, 3.05) is 13.1 Å². The summed E-state index contributed by atoms with van der Waals surface area (Å²) in [7, 11) is 0. The summed E-state index contributed by atoms with van der Waals surface area (Å²) in [5.74, 6) is -0.311. The van der Waals surface area contributed by atoms with Crippen molar-refractivity contribution in [3.8, 4) is 0 Å². The molecule has 0 radical (unpaired) electrons. The van der Waals surface area contributed by atoms with E-state index in [1.54, 1.807) is 25.7 Å². The first-order chi connectivity index (χ1) is 12.0. The molecule has 1 aliphatic rings. The number of ether oxygens (including phenoxy) is 1. The minimum atomic E-state index is -4.42. The van der Waals surface area contributed by atoms with Gasteiger partial charge in [-0.25, -0.2) is 4.79 Å². The van der Waals surface area contributed by atoms with Gasteiger partial charge in [0, 0.05) is 24.7 Å². The number of nitrogens with zero attached hydrogens (tertiary/aromatic N) is 1. The number of hydrogen-bond acceptors (Lipinski definition) is 3. The molecule has 1 aromatic carbocycles. The molecule has 1 heterocycles. The van der Waals surface area contributed by atoms with E-state index in [9.17, 15) is 22.8 Å². The van der Waals surface area contributed by atoms with Gasteiger partial charge in [-0.1, -0.05) is 0 Å². The van der Waals surface area contributed by atoms with Gasteiger partial charge in [0.1, 0.15) is 5.60 Å². The van der Waals surface area contributed by atoms with E-state index in [-0.39, 0.29) is 17.5 Å². The van der Waals surface area contributed by atoms with Crippen LogP contribution in [0.15, 0.2) is 24.3 Å². The molecule has 0 atom stereocenters. The van der Waals surface area contributed by atoms with Gasteiger partial charge in [0.25, 0.3) is 5.91 Å². The molecule has 1 saturated heterocycles. The van der Waals surface area contributed by atoms with Crippen molar-refractivity contribution < 1.29 is 27.5 Å². The van der Waals surface area contributed by atoms with E-state index < -0.39 is 23.4 Å². The largest absolute Gasteiger partial charge is 0.444 e. The highest BCUT2D eigenvalue weighted by Gasteiger charge is 2.31. The third-order valence-electron chi connectivity index (χ3n) is 3.96. The number of benzene rings is 1. The molecular formula is C18H23F3N2O3. The summed E-state index contributed by atoms with van der Waals surface area (Å²) < 4.78 is 43.0. The van der Waals surface area contributed by atoms with Crippen molar-refractivity contribution in [1.29, 1.82) is 0 Å². The van der Waals surface area contributed by atoms with Crippen molar-refractivity contribution in [2.45, 2.75) is 51.4 Å². The SMILES string of the molecule is CC(C)(C)OC(=O)NC1CCN(C(=O)c2ccc(C(F)(F)F)cc2)CC1. The van der Waals surface area contributed by atoms with Crippen LogP contribution in [-0.2, 0) is 10.9 Å². The predicted molar refractivity (Wildman–Crippen MR) is 89.7 cm³/mol. The van der Waals surface area contributed by atoms with Crippen molar-refractivity contribution in [2.24, 2.45) is 0 Å². The fourth-order valence-electron chi connectivity index (χ4n) is 2.69. The van der Waals surface area contributed by atoms with Gasteiger partial charge < -0.3 is 15.0 Å². The topological polar surface area (TPSA) is 58.6 Å². The Morgan fingerprint density at radius 2 is 1.62 bits per heavy atom. The van der Waals surface area contributed by atoms with Crippen LogP contribution in [0.1, 0.15) is 49.5 Å². The second-order valence-corrected chi connectivity index (χ2v) is 7.29. The van der Waals surface area contributed by atoms with Crippen molar-refractivity contribution in [1.82, 2.24) is 10.2 Å². The second kappa shape index (κ2) is 7.55. The lowest BCUT2D eigenvalue weighted by atomic mass is 10.0. The van der Waals surface area contributed by atoms with Gasteiger partial charge in [-0.3, -0.25) is 4.79 Å². The molecular weight excluding hydrogens is 349 g/mol. The molecule has 2 rings (SSSR count). The molecule has 1 aromatic rings. The number of alkyl halides is 3. The Labute approximate surface area is 150 Å². The first kappa shape index (κ1) is 20.1. The van der Waals surface area contributed by atoms with Crippen LogP contribution in [0, 0.1) is 0 Å². The van der Waals surface area contributed by atoms with Crippen LogP contribution in [-0.4, -0.2) is 41.6 Å². The van der Waals surface area contributed by atoms with E-state index in [1.807, 2.05) is 0 Å². The molecule has 0 aromatic heterocycles. The van der Waals surface area contributed by atoms with Gasteiger partial charge in [0.15, 0.2) is 0 Å². The molecule has 1 fully saturated rings. The van der Waals surface area contributed by atoms with Gasteiger partial charge in [-0.15, -0.1) is 0 Å². The molecule has 26 heavy (non-hydrogen) atoms. The van der Waals surface area contributed by atoms with Gasteiger partial charge in [-0.05, 0) is 57.9 Å². The highest BCUT2D eigenvalue weighted by atomic mass is 19.4. The Hall–Kier alpha value is -2.25. The third kappa shape index (κ3) is 5.64. The van der Waals surface area contributed by atoms with Crippen molar-refractivity contribution in [3.05, 3.63) is 35.4 Å². The Morgan fingerprint density at radius 3 is 2.08 bits per heavy atom. The van der Waals surface area contributed by atoms with Crippen molar-refractivity contribution in [3.63, 3.8) is 0 Å². The van der Waals surface area contributed by atoms with E-state index >= 15 is 0 Å². The summed E-state index contributed by atoms with van der Waals surface area (Å²) in [6.07, 6.45) is -3.80. The van der Waals surface area contributed by atoms with E-state index in [0.717, 1.165) is 12.1 Å². The van der Waals surface area contributed by atoms with E-state index in [4.69, 9.17) is 4.74 Å². The first-order valence-electron chi connectivity index (χ1n) is 8.42. The molecule has 1 N–H and O–H groups in total. The van der Waals surface area contributed by atoms with Gasteiger partial charge in [0.2, 0.25) is 0 Å². The number of alkyl carbamates (subject to hydrolysis) is 1. The number of carbonyl (C=O) groups excluding carboxylic acids is 2. The average Bonchev–Trinajstić information content (AvgIpc) is 2.52. The summed E-state index contributed by atoms with van der Waals surface area (Å²) in [4.78, 5) is 25.8. The molecule has 0 aliphatic carbocycles. The molecule has 8 heteroatoms. The third-order valence-corrected chi connectivity index (χ3v) is 3.96. The maximum absolute atomic E-state index is 12.6. The Balaban J connectivity index is 1.87. The molecule has 0 unspecified atom stereocenters. The summed E-state index contributed by atoms with van der Waals surface area (Å²) in [5, 5.41) is 2.77. The Kier molecular flexibility index (Phi) is 5.83.